The Morgan fingerprint density at radius 2 is 1.80 bits per heavy atom. The van der Waals surface area contributed by atoms with Gasteiger partial charge in [-0.05, 0) is 12.2 Å². The third-order valence-electron chi connectivity index (χ3n) is 0. The van der Waals surface area contributed by atoms with Crippen molar-refractivity contribution in [3.05, 3.63) is 0 Å². The molecule has 0 aromatic heterocycles. The maximum absolute atomic E-state index is 5.77. The number of hydrogen-bond acceptors (Lipinski definition) is 2. The summed E-state index contributed by atoms with van der Waals surface area (Å²) in [6.07, 6.45) is 0. The number of hydrogen-bond donors (Lipinski definition) is 1. The molecule has 1 nitrogen and oxygen atoms in total. The van der Waals surface area contributed by atoms with Crippen LogP contribution in [0.1, 0.15) is 0 Å². The topological polar surface area (TPSA) is 23.9 Å². The summed E-state index contributed by atoms with van der Waals surface area (Å²) >= 11 is 4.59. The Balaban J connectivity index is 0. The van der Waals surface area contributed by atoms with Crippen molar-refractivity contribution in [2.45, 2.75) is 0 Å². The third kappa shape index (κ3) is 40.9. The van der Waals surface area contributed by atoms with E-state index in [1.165, 1.54) is 0 Å². The standard InChI is InChI=1S/CHNS.ClH.Na/c2-1-3;;/h2H;1H;/q;;+1/p-1. The molecule has 0 aliphatic carbocycles. The van der Waals surface area contributed by atoms with Crippen molar-refractivity contribution in [2.24, 2.45) is 0 Å². The van der Waals surface area contributed by atoms with Crippen LogP contribution in [0, 0.1) is 5.41 Å². The predicted molar refractivity (Wildman–Crippen MR) is 26.9 cm³/mol. The summed E-state index contributed by atoms with van der Waals surface area (Å²) in [6.45, 7) is 0. The van der Waals surface area contributed by atoms with Gasteiger partial charge in [0.05, 0.1) is 5.16 Å². The molecule has 0 rings (SSSR count). The first-order valence-electron chi connectivity index (χ1n) is 0.832. The molecule has 0 bridgehead atoms. The SMILES string of the molecule is N=C=S.[Na][Cl]. The minimum atomic E-state index is 0.778. The van der Waals surface area contributed by atoms with E-state index in [9.17, 15) is 0 Å². The fourth-order valence-electron chi connectivity index (χ4n) is 0. The van der Waals surface area contributed by atoms with Crippen LogP contribution in [-0.2, 0) is 0 Å². The quantitative estimate of drug-likeness (QED) is 0.285. The fraction of sp³-hybridized carbons (Fsp3) is 0. The Kier molecular flexibility index (Phi) is 36.8. The normalized spacial score (nSPS) is 3.00. The van der Waals surface area contributed by atoms with Crippen LogP contribution in [0.5, 0.6) is 0 Å². The molecule has 1 N–H and O–H groups in total. The number of thiocarbonyl (C=S) groups is 1. The van der Waals surface area contributed by atoms with E-state index in [0.717, 1.165) is 26.6 Å². The van der Waals surface area contributed by atoms with Gasteiger partial charge >= 0.3 is 34.6 Å². The van der Waals surface area contributed by atoms with Gasteiger partial charge in [0.1, 0.15) is 0 Å². The summed E-state index contributed by atoms with van der Waals surface area (Å²) in [5.41, 5.74) is 0. The molecule has 0 heterocycles. The Labute approximate surface area is 56.9 Å². The molecule has 0 atom stereocenters. The summed E-state index contributed by atoms with van der Waals surface area (Å²) in [5, 5.41) is 7.36. The molecule has 0 unspecified atom stereocenters. The molecule has 0 saturated heterocycles. The first kappa shape index (κ1) is 9.43. The van der Waals surface area contributed by atoms with Gasteiger partial charge in [-0.3, -0.25) is 0 Å². The predicted octanol–water partition coefficient (Wildman–Crippen LogP) is 0.977. The number of halogens is 1. The molecule has 0 radical (unpaired) electrons. The molecule has 0 amide bonds. The Hall–Kier alpha value is 1.09. The van der Waals surface area contributed by atoms with Crippen LogP contribution in [0.15, 0.2) is 0 Å². The maximum atomic E-state index is 5.77. The van der Waals surface area contributed by atoms with Gasteiger partial charge in [0.2, 0.25) is 0 Å². The van der Waals surface area contributed by atoms with Crippen LogP contribution < -0.4 is 0 Å². The summed E-state index contributed by atoms with van der Waals surface area (Å²) in [5.74, 6) is 0. The van der Waals surface area contributed by atoms with Crippen molar-refractivity contribution in [3.63, 3.8) is 0 Å². The van der Waals surface area contributed by atoms with Crippen molar-refractivity contribution in [1.29, 1.82) is 5.41 Å². The Morgan fingerprint density at radius 3 is 1.80 bits per heavy atom. The van der Waals surface area contributed by atoms with Gasteiger partial charge in [-0.2, -0.15) is 0 Å². The van der Waals surface area contributed by atoms with Crippen molar-refractivity contribution < 1.29 is 0 Å². The van der Waals surface area contributed by atoms with Gasteiger partial charge in [0.15, 0.2) is 0 Å². The van der Waals surface area contributed by atoms with Crippen molar-refractivity contribution in [2.75, 3.05) is 0 Å². The number of nitrogens with one attached hydrogen (secondary N) is 1. The fourth-order valence-corrected chi connectivity index (χ4v) is 0. The monoisotopic (exact) mass is 117 g/mol. The van der Waals surface area contributed by atoms with Crippen molar-refractivity contribution >= 4 is 51.9 Å². The van der Waals surface area contributed by atoms with Gasteiger partial charge in [0, 0.05) is 0 Å². The van der Waals surface area contributed by atoms with Crippen LogP contribution >= 0.6 is 20.1 Å². The molecule has 0 saturated carbocycles. The van der Waals surface area contributed by atoms with E-state index in [4.69, 9.17) is 13.3 Å². The average Bonchev–Trinajstić information content (AvgIpc) is 1.46. The van der Waals surface area contributed by atoms with E-state index in [1.807, 2.05) is 0 Å². The van der Waals surface area contributed by atoms with Crippen LogP contribution in [0.4, 0.5) is 0 Å². The molecule has 0 aromatic carbocycles. The molecule has 0 spiro atoms. The average molecular weight is 118 g/mol. The summed E-state index contributed by atoms with van der Waals surface area (Å²) in [6, 6.07) is 0. The zero-order valence-corrected chi connectivity index (χ0v) is 6.36. The summed E-state index contributed by atoms with van der Waals surface area (Å²) < 4.78 is 0. The van der Waals surface area contributed by atoms with Gasteiger partial charge in [0.25, 0.3) is 0 Å². The molecular formula is CHClNNaS. The Morgan fingerprint density at radius 1 is 1.80 bits per heavy atom. The first-order chi connectivity index (χ1) is 2.41. The van der Waals surface area contributed by atoms with E-state index in [0.29, 0.717) is 0 Å². The number of isothiocyanates is 1. The molecular weight excluding hydrogens is 117 g/mol. The summed E-state index contributed by atoms with van der Waals surface area (Å²) in [7, 11) is 4.78. The molecule has 5 heavy (non-hydrogen) atoms. The second-order valence-electron chi connectivity index (χ2n) is 0.102. The van der Waals surface area contributed by atoms with E-state index in [2.05, 4.69) is 12.2 Å². The molecule has 4 heteroatoms. The zero-order chi connectivity index (χ0) is 4.71. The molecule has 0 aromatic rings. The van der Waals surface area contributed by atoms with Crippen LogP contribution in [0.25, 0.3) is 0 Å². The van der Waals surface area contributed by atoms with Crippen LogP contribution in [0.3, 0.4) is 0 Å². The first-order valence-corrected chi connectivity index (χ1v) is 4.26. The van der Waals surface area contributed by atoms with E-state index in [-0.39, 0.29) is 0 Å². The molecule has 0 fully saturated rings. The second-order valence-corrected chi connectivity index (χ2v) is 0.306. The van der Waals surface area contributed by atoms with E-state index >= 15 is 0 Å². The van der Waals surface area contributed by atoms with Gasteiger partial charge < -0.3 is 0 Å². The molecule has 0 aliphatic rings. The van der Waals surface area contributed by atoms with E-state index in [1.54, 1.807) is 5.16 Å². The Bertz CT molecular complexity index is 32.6. The van der Waals surface area contributed by atoms with Crippen LogP contribution in [-0.4, -0.2) is 31.8 Å². The van der Waals surface area contributed by atoms with Crippen molar-refractivity contribution in [1.82, 2.24) is 0 Å². The third-order valence-corrected chi connectivity index (χ3v) is 0. The zero-order valence-electron chi connectivity index (χ0n) is 2.79. The second kappa shape index (κ2) is 19.5. The van der Waals surface area contributed by atoms with Gasteiger partial charge in [-0.25, -0.2) is 5.41 Å². The van der Waals surface area contributed by atoms with Crippen LogP contribution in [0.2, 0.25) is 0 Å². The van der Waals surface area contributed by atoms with Gasteiger partial charge in [-0.15, -0.1) is 0 Å². The molecule has 24 valence electrons. The van der Waals surface area contributed by atoms with Crippen molar-refractivity contribution in [3.8, 4) is 0 Å². The van der Waals surface area contributed by atoms with E-state index < -0.39 is 0 Å². The minimum absolute atomic E-state index is 0.778. The number of rotatable bonds is 0. The summed E-state index contributed by atoms with van der Waals surface area (Å²) in [4.78, 5) is 0. The van der Waals surface area contributed by atoms with Gasteiger partial charge in [-0.1, -0.05) is 0 Å². The molecule has 0 aliphatic heterocycles.